The van der Waals surface area contributed by atoms with Gasteiger partial charge in [0.25, 0.3) is 0 Å². The Kier molecular flexibility index (Phi) is 3.65. The molecule has 0 spiro atoms. The van der Waals surface area contributed by atoms with Gasteiger partial charge >= 0.3 is 5.97 Å². The minimum Gasteiger partial charge on any atom is -0.460 e. The smallest absolute Gasteiger partial charge is 0.307 e. The van der Waals surface area contributed by atoms with E-state index in [1.807, 2.05) is 20.8 Å². The summed E-state index contributed by atoms with van der Waals surface area (Å²) in [5, 5.41) is 11.0. The van der Waals surface area contributed by atoms with Crippen LogP contribution in [-0.2, 0) is 9.53 Å². The SMILES string of the molecule is CC1C=C[C@@H]2[C@H]1C[C@]2(CC(=O)OC(C)(C)C)C[N+](=O)[O-]. The lowest BCUT2D eigenvalue weighted by Gasteiger charge is -2.50. The molecule has 1 unspecified atom stereocenters. The van der Waals surface area contributed by atoms with Crippen molar-refractivity contribution >= 4 is 5.97 Å². The largest absolute Gasteiger partial charge is 0.460 e. The fraction of sp³-hybridized carbons (Fsp3) is 0.800. The van der Waals surface area contributed by atoms with Gasteiger partial charge in [-0.1, -0.05) is 19.1 Å². The van der Waals surface area contributed by atoms with Crippen molar-refractivity contribution < 1.29 is 14.5 Å². The van der Waals surface area contributed by atoms with Crippen LogP contribution in [0.1, 0.15) is 40.5 Å². The normalized spacial score (nSPS) is 35.3. The van der Waals surface area contributed by atoms with Crippen molar-refractivity contribution in [2.45, 2.75) is 46.1 Å². The maximum absolute atomic E-state index is 12.0. The second kappa shape index (κ2) is 4.86. The first-order chi connectivity index (χ1) is 9.13. The van der Waals surface area contributed by atoms with Crippen LogP contribution in [0.4, 0.5) is 0 Å². The minimum absolute atomic E-state index is 0.142. The molecule has 0 N–H and O–H groups in total. The highest BCUT2D eigenvalue weighted by Gasteiger charge is 2.59. The molecule has 1 fully saturated rings. The molecule has 0 amide bonds. The van der Waals surface area contributed by atoms with Gasteiger partial charge in [-0.25, -0.2) is 0 Å². The number of ether oxygens (including phenoxy) is 1. The predicted octanol–water partition coefficient (Wildman–Crippen LogP) is 2.82. The lowest BCUT2D eigenvalue weighted by atomic mass is 9.52. The number of allylic oxidation sites excluding steroid dienone is 2. The van der Waals surface area contributed by atoms with Gasteiger partial charge in [0.05, 0.1) is 11.8 Å². The summed E-state index contributed by atoms with van der Waals surface area (Å²) in [4.78, 5) is 22.7. The average Bonchev–Trinajstić information content (AvgIpc) is 2.51. The van der Waals surface area contributed by atoms with Crippen LogP contribution in [0.5, 0.6) is 0 Å². The van der Waals surface area contributed by atoms with E-state index in [9.17, 15) is 14.9 Å². The first-order valence-corrected chi connectivity index (χ1v) is 7.15. The molecular formula is C15H23NO4. The number of hydrogen-bond acceptors (Lipinski definition) is 4. The van der Waals surface area contributed by atoms with Crippen LogP contribution < -0.4 is 0 Å². The quantitative estimate of drug-likeness (QED) is 0.344. The number of rotatable bonds is 4. The van der Waals surface area contributed by atoms with E-state index in [2.05, 4.69) is 19.1 Å². The third kappa shape index (κ3) is 2.86. The van der Waals surface area contributed by atoms with Crippen molar-refractivity contribution in [3.63, 3.8) is 0 Å². The number of carbonyl (C=O) groups is 1. The minimum atomic E-state index is -0.547. The van der Waals surface area contributed by atoms with Crippen LogP contribution in [0.3, 0.4) is 0 Å². The number of nitrogens with zero attached hydrogens (tertiary/aromatic N) is 1. The number of nitro groups is 1. The molecule has 2 rings (SSSR count). The molecule has 0 aliphatic heterocycles. The van der Waals surface area contributed by atoms with Gasteiger partial charge in [-0.05, 0) is 44.9 Å². The molecule has 0 aromatic rings. The first-order valence-electron chi connectivity index (χ1n) is 7.15. The molecule has 5 nitrogen and oxygen atoms in total. The van der Waals surface area contributed by atoms with Crippen molar-refractivity contribution in [3.8, 4) is 0 Å². The van der Waals surface area contributed by atoms with Crippen LogP contribution >= 0.6 is 0 Å². The molecule has 0 radical (unpaired) electrons. The van der Waals surface area contributed by atoms with Gasteiger partial charge < -0.3 is 4.74 Å². The summed E-state index contributed by atoms with van der Waals surface area (Å²) < 4.78 is 5.34. The molecule has 0 heterocycles. The highest BCUT2D eigenvalue weighted by atomic mass is 16.6. The number of hydrogen-bond donors (Lipinski definition) is 0. The summed E-state index contributed by atoms with van der Waals surface area (Å²) in [5.74, 6) is 0.733. The molecule has 4 atom stereocenters. The molecule has 112 valence electrons. The molecule has 0 aromatic heterocycles. The van der Waals surface area contributed by atoms with Gasteiger partial charge in [-0.3, -0.25) is 14.9 Å². The molecule has 2 aliphatic carbocycles. The zero-order valence-electron chi connectivity index (χ0n) is 12.6. The Hall–Kier alpha value is -1.39. The summed E-state index contributed by atoms with van der Waals surface area (Å²) in [5.41, 5.74) is -1.09. The summed E-state index contributed by atoms with van der Waals surface area (Å²) in [7, 11) is 0. The Morgan fingerprint density at radius 3 is 2.60 bits per heavy atom. The van der Waals surface area contributed by atoms with Crippen LogP contribution in [0, 0.1) is 33.3 Å². The van der Waals surface area contributed by atoms with Gasteiger partial charge in [0.1, 0.15) is 5.60 Å². The van der Waals surface area contributed by atoms with E-state index in [1.54, 1.807) is 0 Å². The first kappa shape index (κ1) is 15.0. The van der Waals surface area contributed by atoms with Crippen molar-refractivity contribution in [2.75, 3.05) is 6.54 Å². The van der Waals surface area contributed by atoms with Crippen LogP contribution in [0.25, 0.3) is 0 Å². The third-order valence-electron chi connectivity index (χ3n) is 4.47. The summed E-state index contributed by atoms with van der Waals surface area (Å²) in [6, 6.07) is 0. The van der Waals surface area contributed by atoms with Crippen molar-refractivity contribution in [1.29, 1.82) is 0 Å². The van der Waals surface area contributed by atoms with E-state index < -0.39 is 11.0 Å². The Morgan fingerprint density at radius 1 is 1.45 bits per heavy atom. The van der Waals surface area contributed by atoms with Gasteiger partial charge in [0.2, 0.25) is 6.54 Å². The van der Waals surface area contributed by atoms with Gasteiger partial charge in [0.15, 0.2) is 0 Å². The maximum Gasteiger partial charge on any atom is 0.307 e. The highest BCUT2D eigenvalue weighted by molar-refractivity contribution is 5.71. The monoisotopic (exact) mass is 281 g/mol. The van der Waals surface area contributed by atoms with E-state index in [1.165, 1.54) is 0 Å². The second-order valence-corrected chi connectivity index (χ2v) is 7.25. The zero-order valence-corrected chi connectivity index (χ0v) is 12.6. The van der Waals surface area contributed by atoms with Crippen molar-refractivity contribution in [1.82, 2.24) is 0 Å². The van der Waals surface area contributed by atoms with E-state index in [-0.39, 0.29) is 29.8 Å². The van der Waals surface area contributed by atoms with Gasteiger partial charge in [0, 0.05) is 4.92 Å². The Labute approximate surface area is 119 Å². The maximum atomic E-state index is 12.0. The molecule has 0 aromatic carbocycles. The summed E-state index contributed by atoms with van der Waals surface area (Å²) in [6.45, 7) is 7.42. The van der Waals surface area contributed by atoms with Crippen LogP contribution in [-0.4, -0.2) is 23.0 Å². The fourth-order valence-electron chi connectivity index (χ4n) is 3.66. The standard InChI is InChI=1S/C15H23NO4/c1-10-5-6-12-11(10)7-15(12,9-16(18)19)8-13(17)20-14(2,3)4/h5-6,10-12H,7-9H2,1-4H3/t10?,11-,12+,15-/m0/s1. The number of esters is 1. The Balaban J connectivity index is 2.08. The van der Waals surface area contributed by atoms with Crippen molar-refractivity contribution in [2.24, 2.45) is 23.2 Å². The number of fused-ring (bicyclic) bond motifs is 1. The molecule has 0 saturated heterocycles. The number of carbonyl (C=O) groups excluding carboxylic acids is 1. The average molecular weight is 281 g/mol. The van der Waals surface area contributed by atoms with Crippen LogP contribution in [0.2, 0.25) is 0 Å². The summed E-state index contributed by atoms with van der Waals surface area (Å²) in [6.07, 6.45) is 5.06. The second-order valence-electron chi connectivity index (χ2n) is 7.25. The van der Waals surface area contributed by atoms with Crippen LogP contribution in [0.15, 0.2) is 12.2 Å². The highest BCUT2D eigenvalue weighted by Crippen LogP contribution is 2.60. The van der Waals surface area contributed by atoms with E-state index in [4.69, 9.17) is 4.74 Å². The zero-order chi connectivity index (χ0) is 15.1. The Bertz CT molecular complexity index is 451. The Morgan fingerprint density at radius 2 is 2.10 bits per heavy atom. The molecule has 0 bridgehead atoms. The molecule has 5 heteroatoms. The van der Waals surface area contributed by atoms with E-state index >= 15 is 0 Å². The molecule has 20 heavy (non-hydrogen) atoms. The van der Waals surface area contributed by atoms with Crippen molar-refractivity contribution in [3.05, 3.63) is 22.3 Å². The fourth-order valence-corrected chi connectivity index (χ4v) is 3.66. The van der Waals surface area contributed by atoms with E-state index in [0.29, 0.717) is 11.8 Å². The lowest BCUT2D eigenvalue weighted by molar-refractivity contribution is -0.506. The molecular weight excluding hydrogens is 258 g/mol. The van der Waals surface area contributed by atoms with Gasteiger partial charge in [-0.15, -0.1) is 0 Å². The van der Waals surface area contributed by atoms with E-state index in [0.717, 1.165) is 6.42 Å². The molecule has 1 saturated carbocycles. The third-order valence-corrected chi connectivity index (χ3v) is 4.47. The van der Waals surface area contributed by atoms with Gasteiger partial charge in [-0.2, -0.15) is 0 Å². The summed E-state index contributed by atoms with van der Waals surface area (Å²) >= 11 is 0. The molecule has 2 aliphatic rings. The topological polar surface area (TPSA) is 69.4 Å². The lowest BCUT2D eigenvalue weighted by Crippen LogP contribution is -2.52. The predicted molar refractivity (Wildman–Crippen MR) is 74.7 cm³/mol.